The highest BCUT2D eigenvalue weighted by molar-refractivity contribution is 5.74. The third-order valence-corrected chi connectivity index (χ3v) is 3.62. The molecule has 0 aliphatic carbocycles. The van der Waals surface area contributed by atoms with Crippen molar-refractivity contribution in [1.29, 1.82) is 0 Å². The first-order valence-electron chi connectivity index (χ1n) is 7.07. The van der Waals surface area contributed by atoms with Gasteiger partial charge in [0.05, 0.1) is 13.2 Å². The number of benzene rings is 1. The molecule has 1 aromatic rings. The van der Waals surface area contributed by atoms with E-state index in [0.29, 0.717) is 38.3 Å². The van der Waals surface area contributed by atoms with Crippen LogP contribution in [-0.2, 0) is 4.74 Å². The molecule has 5 heteroatoms. The number of morpholine rings is 1. The van der Waals surface area contributed by atoms with E-state index in [2.05, 4.69) is 0 Å². The van der Waals surface area contributed by atoms with Gasteiger partial charge in [-0.15, -0.1) is 0 Å². The minimum Gasteiger partial charge on any atom is -0.370 e. The number of urea groups is 1. The average Bonchev–Trinajstić information content (AvgIpc) is 2.49. The number of nitrogens with zero attached hydrogens (tertiary/aromatic N) is 2. The quantitative estimate of drug-likeness (QED) is 0.852. The zero-order valence-electron chi connectivity index (χ0n) is 12.0. The molecule has 0 N–H and O–H groups in total. The van der Waals surface area contributed by atoms with Crippen LogP contribution in [0.3, 0.4) is 0 Å². The van der Waals surface area contributed by atoms with Gasteiger partial charge in [0.15, 0.2) is 0 Å². The summed E-state index contributed by atoms with van der Waals surface area (Å²) in [6.07, 6.45) is -0.385. The van der Waals surface area contributed by atoms with Gasteiger partial charge in [-0.2, -0.15) is 0 Å². The van der Waals surface area contributed by atoms with Gasteiger partial charge < -0.3 is 14.5 Å². The molecular weight excluding hydrogens is 259 g/mol. The van der Waals surface area contributed by atoms with Crippen molar-refractivity contribution < 1.29 is 13.9 Å². The molecule has 0 radical (unpaired) electrons. The summed E-state index contributed by atoms with van der Waals surface area (Å²) in [6, 6.07) is 6.57. The first-order chi connectivity index (χ1) is 9.67. The Morgan fingerprint density at radius 2 is 2.10 bits per heavy atom. The van der Waals surface area contributed by atoms with Crippen molar-refractivity contribution in [2.24, 2.45) is 0 Å². The summed E-state index contributed by atoms with van der Waals surface area (Å²) in [5, 5.41) is 0. The lowest BCUT2D eigenvalue weighted by Crippen LogP contribution is -2.48. The van der Waals surface area contributed by atoms with E-state index in [1.807, 2.05) is 13.8 Å². The SMILES string of the molecule is CCN(CC)C(=O)N1CCOC(c2ccccc2F)C1. The summed E-state index contributed by atoms with van der Waals surface area (Å²) in [6.45, 7) is 6.66. The van der Waals surface area contributed by atoms with Gasteiger partial charge in [-0.1, -0.05) is 18.2 Å². The summed E-state index contributed by atoms with van der Waals surface area (Å²) in [5.41, 5.74) is 0.518. The van der Waals surface area contributed by atoms with Crippen molar-refractivity contribution >= 4 is 6.03 Å². The predicted molar refractivity (Wildman–Crippen MR) is 75.0 cm³/mol. The van der Waals surface area contributed by atoms with Gasteiger partial charge in [-0.05, 0) is 19.9 Å². The Hall–Kier alpha value is -1.62. The second kappa shape index (κ2) is 6.70. The summed E-state index contributed by atoms with van der Waals surface area (Å²) >= 11 is 0. The number of rotatable bonds is 3. The van der Waals surface area contributed by atoms with Gasteiger partial charge in [-0.3, -0.25) is 0 Å². The fourth-order valence-corrected chi connectivity index (χ4v) is 2.44. The lowest BCUT2D eigenvalue weighted by molar-refractivity contribution is -0.0218. The smallest absolute Gasteiger partial charge is 0.320 e. The number of hydrogen-bond acceptors (Lipinski definition) is 2. The molecular formula is C15H21FN2O2. The summed E-state index contributed by atoms with van der Waals surface area (Å²) in [4.78, 5) is 15.8. The average molecular weight is 280 g/mol. The molecule has 2 amide bonds. The van der Waals surface area contributed by atoms with Crippen molar-refractivity contribution in [2.45, 2.75) is 20.0 Å². The molecule has 1 aromatic carbocycles. The number of hydrogen-bond donors (Lipinski definition) is 0. The molecule has 1 heterocycles. The van der Waals surface area contributed by atoms with Gasteiger partial charge in [0.2, 0.25) is 0 Å². The molecule has 20 heavy (non-hydrogen) atoms. The minimum absolute atomic E-state index is 0.000334. The predicted octanol–water partition coefficient (Wildman–Crippen LogP) is 2.66. The van der Waals surface area contributed by atoms with Crippen LogP contribution < -0.4 is 0 Å². The van der Waals surface area contributed by atoms with Crippen LogP contribution in [-0.4, -0.2) is 48.6 Å². The van der Waals surface area contributed by atoms with Gasteiger partial charge in [-0.25, -0.2) is 9.18 Å². The van der Waals surface area contributed by atoms with E-state index in [-0.39, 0.29) is 18.0 Å². The summed E-state index contributed by atoms with van der Waals surface area (Å²) in [7, 11) is 0. The third kappa shape index (κ3) is 3.10. The summed E-state index contributed by atoms with van der Waals surface area (Å²) < 4.78 is 19.4. The van der Waals surface area contributed by atoms with E-state index in [1.54, 1.807) is 28.0 Å². The maximum Gasteiger partial charge on any atom is 0.320 e. The normalized spacial score (nSPS) is 18.9. The molecule has 1 aliphatic rings. The lowest BCUT2D eigenvalue weighted by Gasteiger charge is -2.36. The highest BCUT2D eigenvalue weighted by Crippen LogP contribution is 2.25. The van der Waals surface area contributed by atoms with E-state index < -0.39 is 0 Å². The third-order valence-electron chi connectivity index (χ3n) is 3.62. The van der Waals surface area contributed by atoms with E-state index in [9.17, 15) is 9.18 Å². The Labute approximate surface area is 119 Å². The molecule has 1 fully saturated rings. The number of amides is 2. The molecule has 1 unspecified atom stereocenters. The molecule has 110 valence electrons. The Bertz CT molecular complexity index is 463. The van der Waals surface area contributed by atoms with Crippen LogP contribution in [0.25, 0.3) is 0 Å². The Balaban J connectivity index is 2.09. The van der Waals surface area contributed by atoms with Crippen LogP contribution in [0.4, 0.5) is 9.18 Å². The van der Waals surface area contributed by atoms with Gasteiger partial charge >= 0.3 is 6.03 Å². The van der Waals surface area contributed by atoms with Crippen molar-refractivity contribution in [1.82, 2.24) is 9.80 Å². The molecule has 1 saturated heterocycles. The van der Waals surface area contributed by atoms with Crippen molar-refractivity contribution in [3.63, 3.8) is 0 Å². The van der Waals surface area contributed by atoms with Crippen molar-refractivity contribution in [3.05, 3.63) is 35.6 Å². The monoisotopic (exact) mass is 280 g/mol. The molecule has 0 saturated carbocycles. The van der Waals surface area contributed by atoms with Gasteiger partial charge in [0, 0.05) is 25.2 Å². The largest absolute Gasteiger partial charge is 0.370 e. The molecule has 2 rings (SSSR count). The Morgan fingerprint density at radius 3 is 2.75 bits per heavy atom. The van der Waals surface area contributed by atoms with Crippen LogP contribution >= 0.6 is 0 Å². The molecule has 0 aromatic heterocycles. The first-order valence-corrected chi connectivity index (χ1v) is 7.07. The number of carbonyl (C=O) groups excluding carboxylic acids is 1. The number of ether oxygens (including phenoxy) is 1. The highest BCUT2D eigenvalue weighted by atomic mass is 19.1. The maximum atomic E-state index is 13.8. The fraction of sp³-hybridized carbons (Fsp3) is 0.533. The van der Waals surface area contributed by atoms with E-state index in [4.69, 9.17) is 4.74 Å². The fourth-order valence-electron chi connectivity index (χ4n) is 2.44. The lowest BCUT2D eigenvalue weighted by atomic mass is 10.1. The van der Waals surface area contributed by atoms with Crippen LogP contribution in [0.15, 0.2) is 24.3 Å². The van der Waals surface area contributed by atoms with Crippen LogP contribution in [0.2, 0.25) is 0 Å². The van der Waals surface area contributed by atoms with Crippen LogP contribution in [0, 0.1) is 5.82 Å². The Morgan fingerprint density at radius 1 is 1.40 bits per heavy atom. The van der Waals surface area contributed by atoms with Crippen LogP contribution in [0.1, 0.15) is 25.5 Å². The van der Waals surface area contributed by atoms with E-state index in [0.717, 1.165) is 0 Å². The van der Waals surface area contributed by atoms with Crippen molar-refractivity contribution in [3.8, 4) is 0 Å². The molecule has 4 nitrogen and oxygen atoms in total. The van der Waals surface area contributed by atoms with Crippen molar-refractivity contribution in [2.75, 3.05) is 32.8 Å². The van der Waals surface area contributed by atoms with E-state index in [1.165, 1.54) is 6.07 Å². The molecule has 0 bridgehead atoms. The van der Waals surface area contributed by atoms with Gasteiger partial charge in [0.1, 0.15) is 11.9 Å². The molecule has 1 atom stereocenters. The molecule has 0 spiro atoms. The molecule has 1 aliphatic heterocycles. The number of carbonyl (C=O) groups is 1. The topological polar surface area (TPSA) is 32.8 Å². The zero-order valence-corrected chi connectivity index (χ0v) is 12.0. The zero-order chi connectivity index (χ0) is 14.5. The highest BCUT2D eigenvalue weighted by Gasteiger charge is 2.28. The summed E-state index contributed by atoms with van der Waals surface area (Å²) in [5.74, 6) is -0.283. The van der Waals surface area contributed by atoms with Crippen LogP contribution in [0.5, 0.6) is 0 Å². The first kappa shape index (κ1) is 14.8. The van der Waals surface area contributed by atoms with Gasteiger partial charge in [0.25, 0.3) is 0 Å². The Kier molecular flexibility index (Phi) is 4.95. The van der Waals surface area contributed by atoms with E-state index >= 15 is 0 Å². The standard InChI is InChI=1S/C15H21FN2O2/c1-3-17(4-2)15(19)18-9-10-20-14(11-18)12-7-5-6-8-13(12)16/h5-8,14H,3-4,9-11H2,1-2H3. The minimum atomic E-state index is -0.385. The second-order valence-corrected chi connectivity index (χ2v) is 4.78. The second-order valence-electron chi connectivity index (χ2n) is 4.78. The maximum absolute atomic E-state index is 13.8. The number of halogens is 1.